The molecule has 3 heterocycles. The highest BCUT2D eigenvalue weighted by Crippen LogP contribution is 2.53. The third-order valence-electron chi connectivity index (χ3n) is 6.10. The van der Waals surface area contributed by atoms with Crippen molar-refractivity contribution in [3.05, 3.63) is 40.4 Å². The Bertz CT molecular complexity index is 1130. The van der Waals surface area contributed by atoms with E-state index < -0.39 is 24.3 Å². The molecule has 1 spiro atoms. The van der Waals surface area contributed by atoms with Gasteiger partial charge in [-0.15, -0.1) is 10.2 Å². The average Bonchev–Trinajstić information content (AvgIpc) is 3.02. The van der Waals surface area contributed by atoms with Gasteiger partial charge in [0.05, 0.1) is 12.2 Å². The number of carbonyl (C=O) groups is 2. The van der Waals surface area contributed by atoms with Crippen LogP contribution >= 0.6 is 11.6 Å². The zero-order valence-electron chi connectivity index (χ0n) is 19.2. The van der Waals surface area contributed by atoms with E-state index in [9.17, 15) is 26.3 Å². The van der Waals surface area contributed by atoms with Crippen molar-refractivity contribution in [2.75, 3.05) is 20.1 Å². The Morgan fingerprint density at radius 1 is 1.03 bits per heavy atom. The molecule has 0 bridgehead atoms. The zero-order valence-corrected chi connectivity index (χ0v) is 20.0. The van der Waals surface area contributed by atoms with E-state index in [0.717, 1.165) is 29.8 Å². The van der Waals surface area contributed by atoms with E-state index in [2.05, 4.69) is 44.2 Å². The molecular weight excluding hydrogens is 536 g/mol. The molecule has 1 aromatic carbocycles. The monoisotopic (exact) mass is 557 g/mol. The minimum atomic E-state index is -5.08. The lowest BCUT2D eigenvalue weighted by Gasteiger charge is -2.54. The molecule has 1 saturated carbocycles. The third kappa shape index (κ3) is 6.70. The van der Waals surface area contributed by atoms with Gasteiger partial charge in [0.25, 0.3) is 0 Å². The van der Waals surface area contributed by atoms with Crippen molar-refractivity contribution in [3.8, 4) is 5.69 Å². The van der Waals surface area contributed by atoms with Gasteiger partial charge in [0.2, 0.25) is 0 Å². The third-order valence-corrected chi connectivity index (χ3v) is 6.33. The summed E-state index contributed by atoms with van der Waals surface area (Å²) >= 11 is 6.22. The minimum absolute atomic E-state index is 0.533. The Morgan fingerprint density at radius 2 is 1.57 bits per heavy atom. The van der Waals surface area contributed by atoms with Gasteiger partial charge < -0.3 is 15.5 Å². The molecule has 2 fully saturated rings. The number of aromatic nitrogens is 3. The number of rotatable bonds is 1. The van der Waals surface area contributed by atoms with Gasteiger partial charge in [-0.05, 0) is 49.1 Å². The summed E-state index contributed by atoms with van der Waals surface area (Å²) in [5.41, 5.74) is 2.99. The van der Waals surface area contributed by atoms with Crippen LogP contribution in [0.4, 0.5) is 26.3 Å². The summed E-state index contributed by atoms with van der Waals surface area (Å²) in [6, 6.07) is 6.16. The van der Waals surface area contributed by atoms with Crippen LogP contribution in [0.2, 0.25) is 5.02 Å². The topological polar surface area (TPSA) is 121 Å². The Morgan fingerprint density at radius 3 is 2.03 bits per heavy atom. The van der Waals surface area contributed by atoms with Crippen LogP contribution in [0.3, 0.4) is 0 Å². The van der Waals surface area contributed by atoms with Crippen LogP contribution in [0.1, 0.15) is 36.0 Å². The molecule has 0 amide bonds. The smallest absolute Gasteiger partial charge is 0.475 e. The van der Waals surface area contributed by atoms with Gasteiger partial charge in [0.1, 0.15) is 5.82 Å². The van der Waals surface area contributed by atoms with Crippen molar-refractivity contribution >= 4 is 23.5 Å². The first-order chi connectivity index (χ1) is 17.0. The summed E-state index contributed by atoms with van der Waals surface area (Å²) in [6.07, 6.45) is -7.70. The molecule has 1 saturated heterocycles. The minimum Gasteiger partial charge on any atom is -0.475 e. The standard InChI is InChI=1S/C17H20ClN5.2C2HF3O2/c1-22-7-11-4-13(18)2-3-14(11)23-15(8-22)20-21-16(23)12-5-17(6-12)9-19-10-17;2*3-2(4,5)1(6)7/h2-4,12,19H,5-10H2,1H3;2*(H,6,7). The van der Waals surface area contributed by atoms with Crippen molar-refractivity contribution in [1.29, 1.82) is 0 Å². The van der Waals surface area contributed by atoms with Crippen LogP contribution in [0.25, 0.3) is 5.69 Å². The van der Waals surface area contributed by atoms with Crippen LogP contribution in [0.5, 0.6) is 0 Å². The predicted octanol–water partition coefficient (Wildman–Crippen LogP) is 3.60. The maximum atomic E-state index is 10.6. The number of fused-ring (bicyclic) bond motifs is 3. The summed E-state index contributed by atoms with van der Waals surface area (Å²) in [7, 11) is 2.12. The van der Waals surface area contributed by atoms with Gasteiger partial charge in [-0.25, -0.2) is 9.59 Å². The van der Waals surface area contributed by atoms with Crippen molar-refractivity contribution < 1.29 is 46.1 Å². The molecule has 0 unspecified atom stereocenters. The lowest BCUT2D eigenvalue weighted by molar-refractivity contribution is -0.193. The number of nitrogens with zero attached hydrogens (tertiary/aromatic N) is 4. The second-order valence-corrected chi connectivity index (χ2v) is 9.51. The van der Waals surface area contributed by atoms with Crippen molar-refractivity contribution in [2.45, 2.75) is 44.2 Å². The van der Waals surface area contributed by atoms with Crippen LogP contribution in [0.15, 0.2) is 18.2 Å². The molecule has 0 radical (unpaired) electrons. The van der Waals surface area contributed by atoms with E-state index in [1.807, 2.05) is 6.07 Å². The van der Waals surface area contributed by atoms with Gasteiger partial charge in [0.15, 0.2) is 5.82 Å². The van der Waals surface area contributed by atoms with Gasteiger partial charge >= 0.3 is 24.3 Å². The fraction of sp³-hybridized carbons (Fsp3) is 0.524. The van der Waals surface area contributed by atoms with E-state index in [-0.39, 0.29) is 0 Å². The quantitative estimate of drug-likeness (QED) is 0.455. The first-order valence-electron chi connectivity index (χ1n) is 10.7. The SMILES string of the molecule is CN1Cc2cc(Cl)ccc2-n2c(nnc2C2CC3(CNC3)C2)C1.O=C(O)C(F)(F)F.O=C(O)C(F)(F)F. The number of benzene rings is 1. The number of halogens is 7. The summed E-state index contributed by atoms with van der Waals surface area (Å²) in [6.45, 7) is 4.04. The molecule has 3 aliphatic rings. The highest BCUT2D eigenvalue weighted by molar-refractivity contribution is 6.30. The Hall–Kier alpha value is -2.91. The highest BCUT2D eigenvalue weighted by Gasteiger charge is 2.50. The van der Waals surface area contributed by atoms with E-state index in [1.165, 1.54) is 37.2 Å². The number of hydrogen-bond donors (Lipinski definition) is 3. The second-order valence-electron chi connectivity index (χ2n) is 9.07. The Kier molecular flexibility index (Phi) is 8.10. The predicted molar refractivity (Wildman–Crippen MR) is 116 cm³/mol. The van der Waals surface area contributed by atoms with Crippen LogP contribution < -0.4 is 5.32 Å². The normalized spacial score (nSPS) is 18.5. The van der Waals surface area contributed by atoms with E-state index in [1.54, 1.807) is 0 Å². The second kappa shape index (κ2) is 10.5. The molecular formula is C21H22ClF6N5O4. The molecule has 16 heteroatoms. The summed E-state index contributed by atoms with van der Waals surface area (Å²) < 4.78 is 65.8. The Labute approximate surface area is 211 Å². The molecule has 9 nitrogen and oxygen atoms in total. The van der Waals surface area contributed by atoms with Crippen LogP contribution in [-0.2, 0) is 22.7 Å². The van der Waals surface area contributed by atoms with Crippen molar-refractivity contribution in [2.24, 2.45) is 5.41 Å². The van der Waals surface area contributed by atoms with Crippen molar-refractivity contribution in [3.63, 3.8) is 0 Å². The molecule has 2 aliphatic heterocycles. The molecule has 2 aromatic rings. The number of nitrogens with one attached hydrogen (secondary N) is 1. The molecule has 1 aromatic heterocycles. The zero-order chi connectivity index (χ0) is 27.8. The summed E-state index contributed by atoms with van der Waals surface area (Å²) in [4.78, 5) is 20.1. The molecule has 5 rings (SSSR count). The molecule has 37 heavy (non-hydrogen) atoms. The number of carboxylic acid groups (broad SMARTS) is 2. The molecule has 204 valence electrons. The molecule has 1 aliphatic carbocycles. The average molecular weight is 558 g/mol. The molecule has 3 N–H and O–H groups in total. The fourth-order valence-corrected chi connectivity index (χ4v) is 4.58. The van der Waals surface area contributed by atoms with Gasteiger partial charge in [-0.3, -0.25) is 9.47 Å². The maximum Gasteiger partial charge on any atom is 0.490 e. The van der Waals surface area contributed by atoms with Gasteiger partial charge in [-0.1, -0.05) is 11.6 Å². The van der Waals surface area contributed by atoms with Gasteiger partial charge in [0, 0.05) is 30.6 Å². The number of carboxylic acids is 2. The molecule has 0 atom stereocenters. The van der Waals surface area contributed by atoms with Crippen LogP contribution in [-0.4, -0.2) is 74.3 Å². The lowest BCUT2D eigenvalue weighted by Crippen LogP contribution is -2.59. The van der Waals surface area contributed by atoms with E-state index >= 15 is 0 Å². The number of hydrogen-bond acceptors (Lipinski definition) is 6. The fourth-order valence-electron chi connectivity index (χ4n) is 4.38. The Balaban J connectivity index is 0.000000227. The summed E-state index contributed by atoms with van der Waals surface area (Å²) in [5.74, 6) is -2.81. The maximum absolute atomic E-state index is 10.6. The van der Waals surface area contributed by atoms with Gasteiger partial charge in [-0.2, -0.15) is 26.3 Å². The highest BCUT2D eigenvalue weighted by atomic mass is 35.5. The number of aliphatic carboxylic acids is 2. The van der Waals surface area contributed by atoms with Crippen molar-refractivity contribution in [1.82, 2.24) is 25.0 Å². The van der Waals surface area contributed by atoms with E-state index in [0.29, 0.717) is 11.3 Å². The number of alkyl halides is 6. The summed E-state index contributed by atoms with van der Waals surface area (Å²) in [5, 5.41) is 27.5. The van der Waals surface area contributed by atoms with Crippen LogP contribution in [0, 0.1) is 5.41 Å². The first-order valence-corrected chi connectivity index (χ1v) is 11.1. The van der Waals surface area contributed by atoms with E-state index in [4.69, 9.17) is 31.4 Å². The largest absolute Gasteiger partial charge is 0.490 e. The first kappa shape index (κ1) is 28.7. The lowest BCUT2D eigenvalue weighted by atomic mass is 9.58.